The third kappa shape index (κ3) is 3.37. The van der Waals surface area contributed by atoms with E-state index in [4.69, 9.17) is 9.47 Å². The molecule has 1 aromatic carbocycles. The van der Waals surface area contributed by atoms with Crippen molar-refractivity contribution < 1.29 is 19.1 Å². The number of hydrogen-bond donors (Lipinski definition) is 0. The average molecular weight is 342 g/mol. The summed E-state index contributed by atoms with van der Waals surface area (Å²) in [6.45, 7) is 3.61. The highest BCUT2D eigenvalue weighted by Gasteiger charge is 2.26. The van der Waals surface area contributed by atoms with Crippen LogP contribution >= 0.6 is 15.9 Å². The molecule has 0 aromatic heterocycles. The number of esters is 1. The molecule has 2 rings (SSSR count). The first-order valence-electron chi connectivity index (χ1n) is 6.37. The van der Waals surface area contributed by atoms with Crippen molar-refractivity contribution in [1.29, 1.82) is 0 Å². The lowest BCUT2D eigenvalue weighted by Gasteiger charge is -2.36. The molecule has 0 atom stereocenters. The van der Waals surface area contributed by atoms with Gasteiger partial charge in [0.15, 0.2) is 0 Å². The first kappa shape index (κ1) is 15.0. The molecule has 0 spiro atoms. The average Bonchev–Trinajstić information content (AvgIpc) is 2.38. The van der Waals surface area contributed by atoms with Crippen molar-refractivity contribution in [2.24, 2.45) is 0 Å². The number of ether oxygens (including phenoxy) is 2. The lowest BCUT2D eigenvalue weighted by molar-refractivity contribution is -0.137. The summed E-state index contributed by atoms with van der Waals surface area (Å²) >= 11 is 3.36. The summed E-state index contributed by atoms with van der Waals surface area (Å²) < 4.78 is 11.1. The summed E-state index contributed by atoms with van der Waals surface area (Å²) in [5.41, 5.74) is 0.286. The van der Waals surface area contributed by atoms with Crippen LogP contribution in [0, 0.1) is 0 Å². The number of carbonyl (C=O) groups is 2. The van der Waals surface area contributed by atoms with Crippen LogP contribution in [0.1, 0.15) is 17.3 Å². The van der Waals surface area contributed by atoms with Gasteiger partial charge >= 0.3 is 5.97 Å². The molecule has 1 aromatic rings. The van der Waals surface area contributed by atoms with Crippen LogP contribution < -0.4 is 4.74 Å². The number of nitrogens with zero attached hydrogens (tertiary/aromatic N) is 1. The van der Waals surface area contributed by atoms with Gasteiger partial charge in [0.25, 0.3) is 5.78 Å². The monoisotopic (exact) mass is 341 g/mol. The lowest BCUT2D eigenvalue weighted by atomic mass is 10.1. The van der Waals surface area contributed by atoms with Crippen molar-refractivity contribution in [3.05, 3.63) is 28.2 Å². The Hall–Kier alpha value is -1.40. The Labute approximate surface area is 126 Å². The fourth-order valence-corrected chi connectivity index (χ4v) is 2.42. The van der Waals surface area contributed by atoms with E-state index < -0.39 is 11.8 Å². The van der Waals surface area contributed by atoms with Gasteiger partial charge in [-0.25, -0.2) is 4.79 Å². The van der Waals surface area contributed by atoms with Gasteiger partial charge in [0.2, 0.25) is 0 Å². The zero-order valence-corrected chi connectivity index (χ0v) is 13.0. The Morgan fingerprint density at radius 1 is 1.40 bits per heavy atom. The minimum absolute atomic E-state index is 0.169. The van der Waals surface area contributed by atoms with Crippen molar-refractivity contribution in [1.82, 2.24) is 4.90 Å². The second-order valence-electron chi connectivity index (χ2n) is 4.66. The number of hydrogen-bond acceptors (Lipinski definition) is 5. The molecule has 0 amide bonds. The molecule has 1 aliphatic heterocycles. The largest absolute Gasteiger partial charge is 0.487 e. The maximum atomic E-state index is 11.8. The summed E-state index contributed by atoms with van der Waals surface area (Å²) in [4.78, 5) is 25.3. The SMILES string of the molecule is CCOC(=O)C(=O)c1ccc(OC2CN(C)C2)c(Br)c1. The van der Waals surface area contributed by atoms with Gasteiger partial charge in [-0.15, -0.1) is 0 Å². The molecule has 1 aliphatic rings. The van der Waals surface area contributed by atoms with Gasteiger partial charge in [-0.3, -0.25) is 9.69 Å². The Morgan fingerprint density at radius 3 is 2.65 bits per heavy atom. The van der Waals surface area contributed by atoms with E-state index in [2.05, 4.69) is 20.8 Å². The normalized spacial score (nSPS) is 15.6. The van der Waals surface area contributed by atoms with E-state index in [0.717, 1.165) is 13.1 Å². The topological polar surface area (TPSA) is 55.8 Å². The first-order valence-corrected chi connectivity index (χ1v) is 7.16. The van der Waals surface area contributed by atoms with Crippen LogP contribution in [-0.2, 0) is 9.53 Å². The van der Waals surface area contributed by atoms with Crippen molar-refractivity contribution in [3.8, 4) is 5.75 Å². The van der Waals surface area contributed by atoms with E-state index in [1.807, 2.05) is 7.05 Å². The first-order chi connectivity index (χ1) is 9.51. The molecule has 1 fully saturated rings. The van der Waals surface area contributed by atoms with E-state index in [9.17, 15) is 9.59 Å². The summed E-state index contributed by atoms with van der Waals surface area (Å²) in [5, 5.41) is 0. The Bertz CT molecular complexity index is 526. The predicted molar refractivity (Wildman–Crippen MR) is 77.0 cm³/mol. The summed E-state index contributed by atoms with van der Waals surface area (Å²) in [7, 11) is 2.02. The lowest BCUT2D eigenvalue weighted by Crippen LogP contribution is -2.51. The highest BCUT2D eigenvalue weighted by molar-refractivity contribution is 9.10. The maximum absolute atomic E-state index is 11.8. The van der Waals surface area contributed by atoms with E-state index >= 15 is 0 Å². The highest BCUT2D eigenvalue weighted by Crippen LogP contribution is 2.28. The van der Waals surface area contributed by atoms with Crippen LogP contribution in [0.25, 0.3) is 0 Å². The van der Waals surface area contributed by atoms with E-state index in [-0.39, 0.29) is 18.3 Å². The van der Waals surface area contributed by atoms with Crippen LogP contribution in [0.4, 0.5) is 0 Å². The molecule has 20 heavy (non-hydrogen) atoms. The van der Waals surface area contributed by atoms with Crippen molar-refractivity contribution in [2.45, 2.75) is 13.0 Å². The molecule has 0 aliphatic carbocycles. The predicted octanol–water partition coefficient (Wildman–Crippen LogP) is 1.89. The van der Waals surface area contributed by atoms with Gasteiger partial charge in [0.05, 0.1) is 11.1 Å². The van der Waals surface area contributed by atoms with Crippen LogP contribution in [-0.4, -0.2) is 49.5 Å². The van der Waals surface area contributed by atoms with Gasteiger partial charge in [0.1, 0.15) is 11.9 Å². The number of benzene rings is 1. The molecule has 0 N–H and O–H groups in total. The van der Waals surface area contributed by atoms with Crippen LogP contribution in [0.15, 0.2) is 22.7 Å². The molecule has 1 heterocycles. The standard InChI is InChI=1S/C14H16BrNO4/c1-3-19-14(18)13(17)9-4-5-12(11(15)6-9)20-10-7-16(2)8-10/h4-6,10H,3,7-8H2,1-2H3. The molecule has 108 valence electrons. The molecule has 0 bridgehead atoms. The zero-order valence-electron chi connectivity index (χ0n) is 11.4. The summed E-state index contributed by atoms with van der Waals surface area (Å²) in [6, 6.07) is 4.84. The highest BCUT2D eigenvalue weighted by atomic mass is 79.9. The summed E-state index contributed by atoms with van der Waals surface area (Å²) in [6.07, 6.45) is 0.169. The summed E-state index contributed by atoms with van der Waals surface area (Å²) in [5.74, 6) is -0.820. The third-order valence-electron chi connectivity index (χ3n) is 2.98. The van der Waals surface area contributed by atoms with E-state index in [1.165, 1.54) is 0 Å². The maximum Gasteiger partial charge on any atom is 0.379 e. The van der Waals surface area contributed by atoms with Crippen LogP contribution in [0.5, 0.6) is 5.75 Å². The number of halogens is 1. The van der Waals surface area contributed by atoms with Gasteiger partial charge in [0, 0.05) is 18.7 Å². The van der Waals surface area contributed by atoms with Crippen LogP contribution in [0.3, 0.4) is 0 Å². The fourth-order valence-electron chi connectivity index (χ4n) is 1.95. The fraction of sp³-hybridized carbons (Fsp3) is 0.429. The van der Waals surface area contributed by atoms with Crippen molar-refractivity contribution >= 4 is 27.7 Å². The number of ketones is 1. The number of Topliss-reactive ketones (excluding diaryl/α,β-unsaturated/α-hetero) is 1. The quantitative estimate of drug-likeness (QED) is 0.465. The molecule has 6 heteroatoms. The molecule has 0 radical (unpaired) electrons. The molecule has 0 unspecified atom stereocenters. The minimum atomic E-state index is -0.839. The molecular formula is C14H16BrNO4. The smallest absolute Gasteiger partial charge is 0.379 e. The number of carbonyl (C=O) groups excluding carboxylic acids is 2. The van der Waals surface area contributed by atoms with Gasteiger partial charge in [-0.05, 0) is 48.1 Å². The molecule has 5 nitrogen and oxygen atoms in total. The van der Waals surface area contributed by atoms with Crippen molar-refractivity contribution in [3.63, 3.8) is 0 Å². The van der Waals surface area contributed by atoms with Crippen molar-refractivity contribution in [2.75, 3.05) is 26.7 Å². The van der Waals surface area contributed by atoms with Gasteiger partial charge in [-0.2, -0.15) is 0 Å². The number of rotatable bonds is 5. The number of likely N-dealkylation sites (N-methyl/N-ethyl adjacent to an activating group) is 1. The molecular weight excluding hydrogens is 326 g/mol. The van der Waals surface area contributed by atoms with E-state index in [1.54, 1.807) is 25.1 Å². The minimum Gasteiger partial charge on any atom is -0.487 e. The van der Waals surface area contributed by atoms with E-state index in [0.29, 0.717) is 10.2 Å². The van der Waals surface area contributed by atoms with Gasteiger partial charge < -0.3 is 9.47 Å². The second-order valence-corrected chi connectivity index (χ2v) is 5.51. The van der Waals surface area contributed by atoms with Crippen LogP contribution in [0.2, 0.25) is 0 Å². The third-order valence-corrected chi connectivity index (χ3v) is 3.60. The van der Waals surface area contributed by atoms with Gasteiger partial charge in [-0.1, -0.05) is 0 Å². The Kier molecular flexibility index (Phi) is 4.77. The number of likely N-dealkylation sites (tertiary alicyclic amines) is 1. The zero-order chi connectivity index (χ0) is 14.7. The Balaban J connectivity index is 2.05. The molecule has 1 saturated heterocycles. The molecule has 0 saturated carbocycles. The second kappa shape index (κ2) is 6.37. The Morgan fingerprint density at radius 2 is 2.10 bits per heavy atom.